The van der Waals surface area contributed by atoms with E-state index in [9.17, 15) is 10.1 Å². The molecule has 1 aliphatic heterocycles. The van der Waals surface area contributed by atoms with Crippen molar-refractivity contribution in [3.05, 3.63) is 78.0 Å². The fourth-order valence-electron chi connectivity index (χ4n) is 4.07. The Labute approximate surface area is 188 Å². The number of hydrogen-bond donors (Lipinski definition) is 2. The minimum atomic E-state index is -0.150. The Morgan fingerprint density at radius 2 is 2.03 bits per heavy atom. The lowest BCUT2D eigenvalue weighted by Crippen LogP contribution is -2.24. The van der Waals surface area contributed by atoms with Gasteiger partial charge in [-0.25, -0.2) is 4.68 Å². The molecule has 0 radical (unpaired) electrons. The van der Waals surface area contributed by atoms with Crippen LogP contribution in [0.2, 0.25) is 0 Å². The Morgan fingerprint density at radius 3 is 2.72 bits per heavy atom. The van der Waals surface area contributed by atoms with Crippen LogP contribution in [0.15, 0.2) is 66.9 Å². The lowest BCUT2D eigenvalue weighted by Gasteiger charge is -2.11. The van der Waals surface area contributed by atoms with Gasteiger partial charge >= 0.3 is 0 Å². The Hall–Kier alpha value is -3.85. The molecular weight excluding hydrogens is 398 g/mol. The van der Waals surface area contributed by atoms with E-state index >= 15 is 0 Å². The third-order valence-corrected chi connectivity index (χ3v) is 5.59. The van der Waals surface area contributed by atoms with Crippen molar-refractivity contribution < 1.29 is 4.79 Å². The zero-order valence-corrected chi connectivity index (χ0v) is 18.3. The first-order valence-electron chi connectivity index (χ1n) is 11.0. The Kier molecular flexibility index (Phi) is 6.37. The molecule has 2 heterocycles. The number of benzene rings is 2. The molecule has 1 aliphatic rings. The van der Waals surface area contributed by atoms with E-state index in [0.717, 1.165) is 41.0 Å². The van der Waals surface area contributed by atoms with Gasteiger partial charge in [0.2, 0.25) is 5.91 Å². The van der Waals surface area contributed by atoms with E-state index in [2.05, 4.69) is 42.3 Å². The van der Waals surface area contributed by atoms with E-state index in [1.165, 1.54) is 5.56 Å². The number of allylic oxidation sites excluding steroid dienone is 1. The molecule has 6 heteroatoms. The molecule has 2 aromatic carbocycles. The van der Waals surface area contributed by atoms with E-state index in [-0.39, 0.29) is 11.8 Å². The largest absolute Gasteiger partial charge is 0.388 e. The molecule has 0 saturated carbocycles. The summed E-state index contributed by atoms with van der Waals surface area (Å²) >= 11 is 0. The van der Waals surface area contributed by atoms with Gasteiger partial charge in [-0.3, -0.25) is 4.79 Å². The quantitative estimate of drug-likeness (QED) is 0.579. The first-order chi connectivity index (χ1) is 15.6. The minimum absolute atomic E-state index is 0.0645. The lowest BCUT2D eigenvalue weighted by molar-refractivity contribution is -0.119. The molecule has 6 nitrogen and oxygen atoms in total. The van der Waals surface area contributed by atoms with Gasteiger partial charge in [0, 0.05) is 23.9 Å². The average molecular weight is 426 g/mol. The highest BCUT2D eigenvalue weighted by molar-refractivity contribution is 5.93. The van der Waals surface area contributed by atoms with E-state index in [1.54, 1.807) is 0 Å². The number of aryl methyl sites for hydroxylation is 1. The van der Waals surface area contributed by atoms with Gasteiger partial charge in [-0.2, -0.15) is 5.26 Å². The van der Waals surface area contributed by atoms with Crippen molar-refractivity contribution in [3.8, 4) is 23.0 Å². The van der Waals surface area contributed by atoms with Gasteiger partial charge in [-0.1, -0.05) is 44.2 Å². The fraction of sp³-hybridized carbons (Fsp3) is 0.269. The summed E-state index contributed by atoms with van der Waals surface area (Å²) < 4.78 is 1.85. The van der Waals surface area contributed by atoms with Crippen molar-refractivity contribution in [1.82, 2.24) is 15.1 Å². The Balaban J connectivity index is 1.74. The number of carbonyl (C=O) groups is 1. The first kappa shape index (κ1) is 21.4. The second-order valence-electron chi connectivity index (χ2n) is 8.16. The summed E-state index contributed by atoms with van der Waals surface area (Å²) in [6.07, 6.45) is 2.95. The number of rotatable bonds is 7. The lowest BCUT2D eigenvalue weighted by atomic mass is 9.99. The van der Waals surface area contributed by atoms with Crippen LogP contribution in [0.5, 0.6) is 0 Å². The molecule has 1 atom stereocenters. The van der Waals surface area contributed by atoms with E-state index in [0.29, 0.717) is 25.2 Å². The van der Waals surface area contributed by atoms with Crippen LogP contribution in [-0.2, 0) is 17.6 Å². The maximum Gasteiger partial charge on any atom is 0.230 e. The summed E-state index contributed by atoms with van der Waals surface area (Å²) in [6, 6.07) is 20.3. The second kappa shape index (κ2) is 9.52. The van der Waals surface area contributed by atoms with Gasteiger partial charge in [-0.15, -0.1) is 5.10 Å². The first-order valence-corrected chi connectivity index (χ1v) is 11.0. The zero-order chi connectivity index (χ0) is 22.5. The van der Waals surface area contributed by atoms with Gasteiger partial charge in [0.05, 0.1) is 29.8 Å². The van der Waals surface area contributed by atoms with Crippen LogP contribution in [-0.4, -0.2) is 22.2 Å². The molecule has 2 N–H and O–H groups in total. The van der Waals surface area contributed by atoms with Gasteiger partial charge in [0.1, 0.15) is 0 Å². The smallest absolute Gasteiger partial charge is 0.230 e. The predicted octanol–water partition coefficient (Wildman–Crippen LogP) is 4.62. The van der Waals surface area contributed by atoms with Gasteiger partial charge in [-0.05, 0) is 48.2 Å². The Bertz CT molecular complexity index is 1170. The number of aromatic nitrogens is 2. The van der Waals surface area contributed by atoms with Crippen molar-refractivity contribution in [2.45, 2.75) is 32.6 Å². The highest BCUT2D eigenvalue weighted by Crippen LogP contribution is 2.29. The van der Waals surface area contributed by atoms with Crippen molar-refractivity contribution in [2.24, 2.45) is 5.92 Å². The number of hydrogen-bond acceptors (Lipinski definition) is 4. The highest BCUT2D eigenvalue weighted by Gasteiger charge is 2.26. The van der Waals surface area contributed by atoms with Crippen LogP contribution in [0.3, 0.4) is 0 Å². The second-order valence-corrected chi connectivity index (χ2v) is 8.16. The molecule has 1 amide bonds. The molecule has 32 heavy (non-hydrogen) atoms. The summed E-state index contributed by atoms with van der Waals surface area (Å²) in [5.74, 6) is 0.294. The van der Waals surface area contributed by atoms with Crippen LogP contribution >= 0.6 is 0 Å². The molecule has 0 aliphatic carbocycles. The standard InChI is InChI=1S/C26H27N5O/c1-3-7-19-13-20(10-11-27)15-21(14-19)24-16-25(29-26(32)22-12-18(2)28-17-22)30-31(24)23-8-5-4-6-9-23/h4-6,8-9,13-16,22,28H,2-3,7,10,12,17H2,1H3,(H,29,30,32)/t22-/m1/s1. The number of carbonyl (C=O) groups excluding carboxylic acids is 1. The Morgan fingerprint density at radius 1 is 1.25 bits per heavy atom. The van der Waals surface area contributed by atoms with Crippen molar-refractivity contribution in [3.63, 3.8) is 0 Å². The summed E-state index contributed by atoms with van der Waals surface area (Å²) in [5, 5.41) is 20.1. The number of nitrogens with one attached hydrogen (secondary N) is 2. The van der Waals surface area contributed by atoms with Crippen LogP contribution in [0.25, 0.3) is 16.9 Å². The number of nitriles is 1. The van der Waals surface area contributed by atoms with Crippen LogP contribution < -0.4 is 10.6 Å². The van der Waals surface area contributed by atoms with Gasteiger partial charge in [0.25, 0.3) is 0 Å². The molecular formula is C26H27N5O. The molecule has 1 fully saturated rings. The molecule has 0 bridgehead atoms. The predicted molar refractivity (Wildman–Crippen MR) is 126 cm³/mol. The van der Waals surface area contributed by atoms with Crippen LogP contribution in [0, 0.1) is 17.2 Å². The highest BCUT2D eigenvalue weighted by atomic mass is 16.2. The third kappa shape index (κ3) is 4.73. The maximum atomic E-state index is 12.8. The number of nitrogens with zero attached hydrogens (tertiary/aromatic N) is 3. The monoisotopic (exact) mass is 425 g/mol. The minimum Gasteiger partial charge on any atom is -0.388 e. The SMILES string of the molecule is C=C1C[C@@H](C(=O)Nc2cc(-c3cc(CC#N)cc(CCC)c3)n(-c3ccccc3)n2)CN1. The summed E-state index contributed by atoms with van der Waals surface area (Å²) in [7, 11) is 0. The van der Waals surface area contributed by atoms with E-state index < -0.39 is 0 Å². The fourth-order valence-corrected chi connectivity index (χ4v) is 4.07. The molecule has 0 unspecified atom stereocenters. The molecule has 3 aromatic rings. The molecule has 1 aromatic heterocycles. The maximum absolute atomic E-state index is 12.8. The molecule has 162 valence electrons. The normalized spacial score (nSPS) is 15.2. The molecule has 0 spiro atoms. The third-order valence-electron chi connectivity index (χ3n) is 5.59. The van der Waals surface area contributed by atoms with Crippen molar-refractivity contribution in [2.75, 3.05) is 11.9 Å². The number of amides is 1. The van der Waals surface area contributed by atoms with Crippen LogP contribution in [0.4, 0.5) is 5.82 Å². The zero-order valence-electron chi connectivity index (χ0n) is 18.3. The molecule has 4 rings (SSSR count). The topological polar surface area (TPSA) is 82.7 Å². The van der Waals surface area contributed by atoms with Crippen molar-refractivity contribution in [1.29, 1.82) is 5.26 Å². The van der Waals surface area contributed by atoms with Gasteiger partial charge < -0.3 is 10.6 Å². The van der Waals surface area contributed by atoms with Crippen molar-refractivity contribution >= 4 is 11.7 Å². The van der Waals surface area contributed by atoms with Crippen LogP contribution in [0.1, 0.15) is 30.9 Å². The van der Waals surface area contributed by atoms with Gasteiger partial charge in [0.15, 0.2) is 5.82 Å². The van der Waals surface area contributed by atoms with E-state index in [4.69, 9.17) is 5.10 Å². The summed E-state index contributed by atoms with van der Waals surface area (Å²) in [6.45, 7) is 6.64. The van der Waals surface area contributed by atoms with E-state index in [1.807, 2.05) is 47.1 Å². The summed E-state index contributed by atoms with van der Waals surface area (Å²) in [4.78, 5) is 12.8. The summed E-state index contributed by atoms with van der Waals surface area (Å²) in [5.41, 5.74) is 5.82. The number of para-hydroxylation sites is 1. The average Bonchev–Trinajstić information content (AvgIpc) is 3.41. The molecule has 1 saturated heterocycles. The number of anilines is 1.